The molecule has 0 aromatic carbocycles. The zero-order valence-corrected chi connectivity index (χ0v) is 8.64. The van der Waals surface area contributed by atoms with E-state index >= 15 is 0 Å². The molecule has 0 aliphatic heterocycles. The first kappa shape index (κ1) is 9.47. The molecule has 3 aliphatic rings. The number of unbranched alkanes of at least 4 members (excludes halogenated alkanes) is 1. The molecule has 2 N–H and O–H groups in total. The highest BCUT2D eigenvalue weighted by Gasteiger charge is 2.65. The van der Waals surface area contributed by atoms with Gasteiger partial charge in [-0.15, -0.1) is 0 Å². The van der Waals surface area contributed by atoms with Crippen LogP contribution in [0.2, 0.25) is 0 Å². The maximum absolute atomic E-state index is 5.72. The first-order chi connectivity index (χ1) is 6.24. The molecule has 2 heteroatoms. The summed E-state index contributed by atoms with van der Waals surface area (Å²) in [5.41, 5.74) is 7.08. The lowest BCUT2D eigenvalue weighted by Gasteiger charge is -2.71. The van der Waals surface area contributed by atoms with Crippen molar-refractivity contribution in [3.63, 3.8) is 0 Å². The number of hydrogen-bond donors (Lipinski definition) is 1. The molecule has 0 amide bonds. The van der Waals surface area contributed by atoms with Crippen molar-refractivity contribution in [2.24, 2.45) is 16.6 Å². The van der Waals surface area contributed by atoms with E-state index in [0.717, 1.165) is 18.6 Å². The van der Waals surface area contributed by atoms with Gasteiger partial charge in [-0.1, -0.05) is 6.42 Å². The summed E-state index contributed by atoms with van der Waals surface area (Å²) in [5, 5.41) is 0. The van der Waals surface area contributed by atoms with Crippen LogP contribution in [0.15, 0.2) is 0 Å². The molecule has 76 valence electrons. The summed E-state index contributed by atoms with van der Waals surface area (Å²) in [7, 11) is 1.78. The molecule has 0 aromatic heterocycles. The molecule has 3 saturated carbocycles. The first-order valence-electron chi connectivity index (χ1n) is 5.43. The van der Waals surface area contributed by atoms with Crippen LogP contribution in [0.25, 0.3) is 0 Å². The van der Waals surface area contributed by atoms with Crippen molar-refractivity contribution in [2.45, 2.75) is 38.5 Å². The van der Waals surface area contributed by atoms with Crippen LogP contribution in [0.4, 0.5) is 0 Å². The Morgan fingerprint density at radius 1 is 1.15 bits per heavy atom. The molecule has 0 atom stereocenters. The molecule has 13 heavy (non-hydrogen) atoms. The number of hydrogen-bond acceptors (Lipinski definition) is 2. The smallest absolute Gasteiger partial charge is 0.0462 e. The van der Waals surface area contributed by atoms with E-state index in [1.54, 1.807) is 7.11 Å². The van der Waals surface area contributed by atoms with Gasteiger partial charge in [0.1, 0.15) is 0 Å². The van der Waals surface area contributed by atoms with Gasteiger partial charge in [0.05, 0.1) is 0 Å². The molecule has 0 aromatic rings. The fourth-order valence-electron chi connectivity index (χ4n) is 3.46. The van der Waals surface area contributed by atoms with Crippen molar-refractivity contribution in [1.82, 2.24) is 0 Å². The van der Waals surface area contributed by atoms with E-state index in [-0.39, 0.29) is 0 Å². The van der Waals surface area contributed by atoms with Gasteiger partial charge in [-0.3, -0.25) is 0 Å². The minimum absolute atomic E-state index is 0.612. The minimum Gasteiger partial charge on any atom is -0.385 e. The van der Waals surface area contributed by atoms with Crippen LogP contribution >= 0.6 is 0 Å². The normalized spacial score (nSPS) is 41.1. The van der Waals surface area contributed by atoms with Gasteiger partial charge in [0, 0.05) is 13.7 Å². The van der Waals surface area contributed by atoms with Crippen molar-refractivity contribution in [2.75, 3.05) is 20.3 Å². The molecule has 0 heterocycles. The van der Waals surface area contributed by atoms with Crippen molar-refractivity contribution in [1.29, 1.82) is 0 Å². The van der Waals surface area contributed by atoms with Crippen LogP contribution in [0.1, 0.15) is 38.5 Å². The Labute approximate surface area is 80.8 Å². The van der Waals surface area contributed by atoms with Gasteiger partial charge >= 0.3 is 0 Å². The second-order valence-electron chi connectivity index (χ2n) is 5.18. The van der Waals surface area contributed by atoms with Gasteiger partial charge < -0.3 is 10.5 Å². The fraction of sp³-hybridized carbons (Fsp3) is 1.00. The summed E-state index contributed by atoms with van der Waals surface area (Å²) in [6.07, 6.45) is 8.25. The Kier molecular flexibility index (Phi) is 2.37. The Balaban J connectivity index is 1.59. The van der Waals surface area contributed by atoms with E-state index in [1.165, 1.54) is 38.5 Å². The predicted molar refractivity (Wildman–Crippen MR) is 53.5 cm³/mol. The topological polar surface area (TPSA) is 35.2 Å². The van der Waals surface area contributed by atoms with Crippen molar-refractivity contribution in [3.05, 3.63) is 0 Å². The van der Waals surface area contributed by atoms with Gasteiger partial charge in [0.25, 0.3) is 0 Å². The molecule has 0 radical (unpaired) electrons. The van der Waals surface area contributed by atoms with E-state index < -0.39 is 0 Å². The molecule has 3 fully saturated rings. The molecule has 0 spiro atoms. The second-order valence-corrected chi connectivity index (χ2v) is 5.18. The average Bonchev–Trinajstić information content (AvgIpc) is 1.99. The highest BCUT2D eigenvalue weighted by Crippen LogP contribution is 2.74. The van der Waals surface area contributed by atoms with E-state index in [2.05, 4.69) is 0 Å². The van der Waals surface area contributed by atoms with Gasteiger partial charge in [-0.2, -0.15) is 0 Å². The highest BCUT2D eigenvalue weighted by atomic mass is 16.5. The van der Waals surface area contributed by atoms with Crippen LogP contribution in [-0.2, 0) is 4.74 Å². The monoisotopic (exact) mass is 183 g/mol. The quantitative estimate of drug-likeness (QED) is 0.639. The Hall–Kier alpha value is -0.0800. The lowest BCUT2D eigenvalue weighted by molar-refractivity contribution is -0.201. The molecule has 3 rings (SSSR count). The SMILES string of the molecule is COCCCCC12CC(CN)(C1)C2. The third-order valence-corrected chi connectivity index (χ3v) is 3.99. The Morgan fingerprint density at radius 3 is 2.38 bits per heavy atom. The minimum atomic E-state index is 0.612. The highest BCUT2D eigenvalue weighted by molar-refractivity contribution is 5.16. The van der Waals surface area contributed by atoms with Crippen LogP contribution < -0.4 is 5.73 Å². The molecular weight excluding hydrogens is 162 g/mol. The average molecular weight is 183 g/mol. The van der Waals surface area contributed by atoms with E-state index in [4.69, 9.17) is 10.5 Å². The zero-order chi connectivity index (χ0) is 9.36. The van der Waals surface area contributed by atoms with E-state index in [1.807, 2.05) is 0 Å². The molecule has 0 saturated heterocycles. The van der Waals surface area contributed by atoms with E-state index in [9.17, 15) is 0 Å². The maximum atomic E-state index is 5.72. The number of ether oxygens (including phenoxy) is 1. The van der Waals surface area contributed by atoms with Gasteiger partial charge in [-0.05, 0) is 49.5 Å². The fourth-order valence-corrected chi connectivity index (χ4v) is 3.46. The van der Waals surface area contributed by atoms with Gasteiger partial charge in [0.2, 0.25) is 0 Å². The van der Waals surface area contributed by atoms with E-state index in [0.29, 0.717) is 5.41 Å². The zero-order valence-electron chi connectivity index (χ0n) is 8.64. The third kappa shape index (κ3) is 1.50. The standard InChI is InChI=1S/C11H21NO/c1-13-5-3-2-4-10-6-11(7-10,8-10)9-12/h2-9,12H2,1H3. The van der Waals surface area contributed by atoms with Crippen LogP contribution in [-0.4, -0.2) is 20.3 Å². The first-order valence-corrected chi connectivity index (χ1v) is 5.43. The largest absolute Gasteiger partial charge is 0.385 e. The Bertz CT molecular complexity index is 171. The summed E-state index contributed by atoms with van der Waals surface area (Å²) in [6.45, 7) is 1.85. The maximum Gasteiger partial charge on any atom is 0.0462 e. The molecule has 2 nitrogen and oxygen atoms in total. The molecule has 0 unspecified atom stereocenters. The number of nitrogens with two attached hydrogens (primary N) is 1. The van der Waals surface area contributed by atoms with Crippen molar-refractivity contribution >= 4 is 0 Å². The van der Waals surface area contributed by atoms with Gasteiger partial charge in [-0.25, -0.2) is 0 Å². The molecular formula is C11H21NO. The van der Waals surface area contributed by atoms with Crippen LogP contribution in [0, 0.1) is 10.8 Å². The predicted octanol–water partition coefficient (Wildman–Crippen LogP) is 1.93. The summed E-state index contributed by atoms with van der Waals surface area (Å²) in [5.74, 6) is 0. The second kappa shape index (κ2) is 3.25. The summed E-state index contributed by atoms with van der Waals surface area (Å²) in [4.78, 5) is 0. The molecule has 3 aliphatic carbocycles. The van der Waals surface area contributed by atoms with Gasteiger partial charge in [0.15, 0.2) is 0 Å². The lowest BCUT2D eigenvalue weighted by Crippen LogP contribution is -2.64. The third-order valence-electron chi connectivity index (χ3n) is 3.99. The van der Waals surface area contributed by atoms with Crippen molar-refractivity contribution in [3.8, 4) is 0 Å². The van der Waals surface area contributed by atoms with Crippen molar-refractivity contribution < 1.29 is 4.74 Å². The number of rotatable bonds is 6. The lowest BCUT2D eigenvalue weighted by atomic mass is 9.34. The van der Waals surface area contributed by atoms with Crippen LogP contribution in [0.5, 0.6) is 0 Å². The Morgan fingerprint density at radius 2 is 1.85 bits per heavy atom. The summed E-state index contributed by atoms with van der Waals surface area (Å²) in [6, 6.07) is 0. The molecule has 2 bridgehead atoms. The summed E-state index contributed by atoms with van der Waals surface area (Å²) < 4.78 is 5.04. The number of methoxy groups -OCH3 is 1. The summed E-state index contributed by atoms with van der Waals surface area (Å²) >= 11 is 0. The van der Waals surface area contributed by atoms with Crippen LogP contribution in [0.3, 0.4) is 0 Å².